The molecular weight excluding hydrogens is 308 g/mol. The van der Waals surface area contributed by atoms with Crippen LogP contribution in [0.1, 0.15) is 32.0 Å². The number of nitrogens with zero attached hydrogens (tertiary/aromatic N) is 2. The molecule has 126 valence electrons. The van der Waals surface area contributed by atoms with Crippen molar-refractivity contribution in [2.24, 2.45) is 11.7 Å². The Hall–Kier alpha value is -2.72. The average molecular weight is 330 g/mol. The van der Waals surface area contributed by atoms with Gasteiger partial charge in [0.1, 0.15) is 5.65 Å². The zero-order chi connectivity index (χ0) is 17.4. The Kier molecular flexibility index (Phi) is 3.98. The van der Waals surface area contributed by atoms with Crippen LogP contribution in [0.4, 0.5) is 0 Å². The van der Waals surface area contributed by atoms with E-state index < -0.39 is 0 Å². The van der Waals surface area contributed by atoms with Crippen LogP contribution >= 0.6 is 0 Å². The lowest BCUT2D eigenvalue weighted by atomic mass is 9.98. The van der Waals surface area contributed by atoms with E-state index in [9.17, 15) is 0 Å². The van der Waals surface area contributed by atoms with Crippen molar-refractivity contribution in [3.05, 3.63) is 60.6 Å². The lowest BCUT2D eigenvalue weighted by Gasteiger charge is -2.15. The average Bonchev–Trinajstić information content (AvgIpc) is 3.09. The maximum Gasteiger partial charge on any atom is 0.137 e. The number of aromatic amines is 1. The van der Waals surface area contributed by atoms with Gasteiger partial charge in [0.15, 0.2) is 0 Å². The molecule has 0 bridgehead atoms. The van der Waals surface area contributed by atoms with E-state index in [0.29, 0.717) is 5.92 Å². The Labute approximate surface area is 147 Å². The standard InChI is InChI=1S/C21H22N4/c1-13(2)12-18(22)19-7-6-14-4-3-5-16(20(14)25-19)15-8-10-23-21-17(15)9-11-24-21/h3-11,13,18H,12,22H2,1-2H3,(H,23,24). The quantitative estimate of drug-likeness (QED) is 0.563. The van der Waals surface area contributed by atoms with Crippen LogP contribution in [0.25, 0.3) is 33.1 Å². The molecule has 1 aromatic carbocycles. The fourth-order valence-corrected chi connectivity index (χ4v) is 3.41. The fraction of sp³-hybridized carbons (Fsp3) is 0.238. The molecule has 4 rings (SSSR count). The van der Waals surface area contributed by atoms with Gasteiger partial charge >= 0.3 is 0 Å². The highest BCUT2D eigenvalue weighted by atomic mass is 14.8. The first-order valence-electron chi connectivity index (χ1n) is 8.71. The van der Waals surface area contributed by atoms with Gasteiger partial charge in [-0.25, -0.2) is 4.98 Å². The van der Waals surface area contributed by atoms with Crippen molar-refractivity contribution in [3.8, 4) is 11.1 Å². The molecule has 1 atom stereocenters. The molecule has 4 heteroatoms. The minimum absolute atomic E-state index is 0.0397. The van der Waals surface area contributed by atoms with Gasteiger partial charge in [0.05, 0.1) is 11.2 Å². The van der Waals surface area contributed by atoms with E-state index in [2.05, 4.69) is 60.2 Å². The minimum atomic E-state index is -0.0397. The van der Waals surface area contributed by atoms with Gasteiger partial charge in [0.25, 0.3) is 0 Å². The number of fused-ring (bicyclic) bond motifs is 2. The van der Waals surface area contributed by atoms with Gasteiger partial charge in [-0.1, -0.05) is 38.1 Å². The number of nitrogens with two attached hydrogens (primary N) is 1. The Balaban J connectivity index is 1.90. The van der Waals surface area contributed by atoms with E-state index in [1.54, 1.807) is 0 Å². The molecule has 0 aliphatic heterocycles. The number of nitrogens with one attached hydrogen (secondary N) is 1. The number of hydrogen-bond acceptors (Lipinski definition) is 3. The molecule has 4 aromatic rings. The molecule has 25 heavy (non-hydrogen) atoms. The normalized spacial score (nSPS) is 13.0. The number of pyridine rings is 2. The van der Waals surface area contributed by atoms with Crippen LogP contribution in [0.15, 0.2) is 54.9 Å². The SMILES string of the molecule is CC(C)CC(N)c1ccc2cccc(-c3ccnc4[nH]ccc34)c2n1. The van der Waals surface area contributed by atoms with Crippen molar-refractivity contribution in [1.29, 1.82) is 0 Å². The van der Waals surface area contributed by atoms with Crippen LogP contribution in [0.3, 0.4) is 0 Å². The van der Waals surface area contributed by atoms with Gasteiger partial charge in [-0.05, 0) is 36.1 Å². The van der Waals surface area contributed by atoms with E-state index >= 15 is 0 Å². The fourth-order valence-electron chi connectivity index (χ4n) is 3.41. The first-order valence-corrected chi connectivity index (χ1v) is 8.71. The van der Waals surface area contributed by atoms with Crippen molar-refractivity contribution >= 4 is 21.9 Å². The van der Waals surface area contributed by atoms with E-state index in [-0.39, 0.29) is 6.04 Å². The van der Waals surface area contributed by atoms with Crippen LogP contribution in [-0.2, 0) is 0 Å². The largest absolute Gasteiger partial charge is 0.346 e. The van der Waals surface area contributed by atoms with E-state index in [4.69, 9.17) is 10.7 Å². The molecule has 0 radical (unpaired) electrons. The van der Waals surface area contributed by atoms with Gasteiger partial charge < -0.3 is 10.7 Å². The minimum Gasteiger partial charge on any atom is -0.346 e. The van der Waals surface area contributed by atoms with Crippen LogP contribution in [0.2, 0.25) is 0 Å². The maximum absolute atomic E-state index is 6.37. The second-order valence-electron chi connectivity index (χ2n) is 6.95. The Morgan fingerprint density at radius 1 is 1.04 bits per heavy atom. The zero-order valence-electron chi connectivity index (χ0n) is 14.5. The molecular formula is C21H22N4. The summed E-state index contributed by atoms with van der Waals surface area (Å²) in [5.74, 6) is 0.544. The molecule has 1 unspecified atom stereocenters. The van der Waals surface area contributed by atoms with Gasteiger partial charge in [-0.2, -0.15) is 0 Å². The molecule has 0 saturated heterocycles. The van der Waals surface area contributed by atoms with Gasteiger partial charge in [0, 0.05) is 34.8 Å². The summed E-state index contributed by atoms with van der Waals surface area (Å²) in [6.07, 6.45) is 4.68. The first kappa shape index (κ1) is 15.8. The third-order valence-electron chi connectivity index (χ3n) is 4.60. The molecule has 0 amide bonds. The summed E-state index contributed by atoms with van der Waals surface area (Å²) in [6.45, 7) is 4.37. The number of rotatable bonds is 4. The molecule has 0 aliphatic rings. The van der Waals surface area contributed by atoms with E-state index in [1.165, 1.54) is 0 Å². The number of H-pyrrole nitrogens is 1. The van der Waals surface area contributed by atoms with Crippen molar-refractivity contribution < 1.29 is 0 Å². The lowest BCUT2D eigenvalue weighted by Crippen LogP contribution is -2.14. The molecule has 0 fully saturated rings. The smallest absolute Gasteiger partial charge is 0.137 e. The topological polar surface area (TPSA) is 67.6 Å². The highest BCUT2D eigenvalue weighted by Gasteiger charge is 2.14. The van der Waals surface area contributed by atoms with Gasteiger partial charge in [-0.3, -0.25) is 4.98 Å². The number of para-hydroxylation sites is 1. The van der Waals surface area contributed by atoms with Gasteiger partial charge in [0.2, 0.25) is 0 Å². The molecule has 3 aromatic heterocycles. The predicted molar refractivity (Wildman–Crippen MR) is 103 cm³/mol. The van der Waals surface area contributed by atoms with Crippen LogP contribution < -0.4 is 5.73 Å². The molecule has 3 heterocycles. The van der Waals surface area contributed by atoms with E-state index in [0.717, 1.165) is 45.2 Å². The van der Waals surface area contributed by atoms with Crippen molar-refractivity contribution in [1.82, 2.24) is 15.0 Å². The van der Waals surface area contributed by atoms with Gasteiger partial charge in [-0.15, -0.1) is 0 Å². The molecule has 0 aliphatic carbocycles. The number of hydrogen-bond donors (Lipinski definition) is 2. The summed E-state index contributed by atoms with van der Waals surface area (Å²) >= 11 is 0. The lowest BCUT2D eigenvalue weighted by molar-refractivity contribution is 0.503. The monoisotopic (exact) mass is 330 g/mol. The number of aromatic nitrogens is 3. The third-order valence-corrected chi connectivity index (χ3v) is 4.60. The van der Waals surface area contributed by atoms with Crippen LogP contribution in [-0.4, -0.2) is 15.0 Å². The highest BCUT2D eigenvalue weighted by Crippen LogP contribution is 2.32. The van der Waals surface area contributed by atoms with Crippen LogP contribution in [0, 0.1) is 5.92 Å². The van der Waals surface area contributed by atoms with Crippen molar-refractivity contribution in [2.75, 3.05) is 0 Å². The summed E-state index contributed by atoms with van der Waals surface area (Å²) in [4.78, 5) is 12.5. The Bertz CT molecular complexity index is 1030. The molecule has 0 saturated carbocycles. The molecule has 0 spiro atoms. The van der Waals surface area contributed by atoms with Crippen LogP contribution in [0.5, 0.6) is 0 Å². The summed E-state index contributed by atoms with van der Waals surface area (Å²) in [5, 5.41) is 2.23. The van der Waals surface area contributed by atoms with Crippen molar-refractivity contribution in [3.63, 3.8) is 0 Å². The predicted octanol–water partition coefficient (Wildman–Crippen LogP) is 4.82. The van der Waals surface area contributed by atoms with Crippen molar-refractivity contribution in [2.45, 2.75) is 26.3 Å². The third kappa shape index (κ3) is 2.89. The highest BCUT2D eigenvalue weighted by molar-refractivity contribution is 6.02. The first-order chi connectivity index (χ1) is 12.1. The summed E-state index contributed by atoms with van der Waals surface area (Å²) in [5.41, 5.74) is 11.5. The maximum atomic E-state index is 6.37. The zero-order valence-corrected chi connectivity index (χ0v) is 14.5. The molecule has 4 nitrogen and oxygen atoms in total. The summed E-state index contributed by atoms with van der Waals surface area (Å²) in [7, 11) is 0. The second kappa shape index (κ2) is 6.30. The molecule has 3 N–H and O–H groups in total. The Morgan fingerprint density at radius 3 is 2.76 bits per heavy atom. The number of benzene rings is 1. The second-order valence-corrected chi connectivity index (χ2v) is 6.95. The Morgan fingerprint density at radius 2 is 1.92 bits per heavy atom. The van der Waals surface area contributed by atoms with E-state index in [1.807, 2.05) is 18.5 Å². The summed E-state index contributed by atoms with van der Waals surface area (Å²) < 4.78 is 0. The summed E-state index contributed by atoms with van der Waals surface area (Å²) in [6, 6.07) is 14.5.